The van der Waals surface area contributed by atoms with Gasteiger partial charge in [-0.15, -0.1) is 0 Å². The van der Waals surface area contributed by atoms with Gasteiger partial charge in [-0.05, 0) is 18.8 Å². The van der Waals surface area contributed by atoms with Gasteiger partial charge in [0.2, 0.25) is 5.88 Å². The first-order valence-electron chi connectivity index (χ1n) is 6.19. The second-order valence-corrected chi connectivity index (χ2v) is 4.54. The molecular formula is C12H20N4O. The predicted octanol–water partition coefficient (Wildman–Crippen LogP) is 1.05. The summed E-state index contributed by atoms with van der Waals surface area (Å²) in [4.78, 5) is 10.7. The Balaban J connectivity index is 2.04. The van der Waals surface area contributed by atoms with Gasteiger partial charge in [-0.1, -0.05) is 6.92 Å². The van der Waals surface area contributed by atoms with Crippen LogP contribution >= 0.6 is 0 Å². The Kier molecular flexibility index (Phi) is 4.14. The summed E-state index contributed by atoms with van der Waals surface area (Å²) in [5, 5.41) is 0. The minimum absolute atomic E-state index is 0.493. The third kappa shape index (κ3) is 3.30. The topological polar surface area (TPSA) is 64.3 Å². The van der Waals surface area contributed by atoms with Gasteiger partial charge in [0, 0.05) is 25.7 Å². The number of nitrogens with two attached hydrogens (primary N) is 1. The Morgan fingerprint density at radius 1 is 1.53 bits per heavy atom. The highest BCUT2D eigenvalue weighted by Gasteiger charge is 2.17. The molecule has 94 valence electrons. The first kappa shape index (κ1) is 12.1. The molecule has 0 unspecified atom stereocenters. The average Bonchev–Trinajstić information content (AvgIpc) is 2.37. The Morgan fingerprint density at radius 3 is 3.18 bits per heavy atom. The number of ether oxygens (including phenoxy) is 1. The number of anilines is 1. The summed E-state index contributed by atoms with van der Waals surface area (Å²) in [5.41, 5.74) is 5.40. The number of hydrogen-bond donors (Lipinski definition) is 1. The van der Waals surface area contributed by atoms with Crippen molar-refractivity contribution in [1.29, 1.82) is 0 Å². The molecule has 0 radical (unpaired) electrons. The quantitative estimate of drug-likeness (QED) is 0.846. The molecule has 1 aromatic rings. The molecule has 0 bridgehead atoms. The fourth-order valence-electron chi connectivity index (χ4n) is 2.14. The van der Waals surface area contributed by atoms with Crippen molar-refractivity contribution < 1.29 is 4.74 Å². The molecule has 2 N–H and O–H groups in total. The Bertz CT molecular complexity index is 358. The highest BCUT2D eigenvalue weighted by molar-refractivity contribution is 5.41. The van der Waals surface area contributed by atoms with Gasteiger partial charge in [-0.2, -0.15) is 0 Å². The zero-order chi connectivity index (χ0) is 12.1. The van der Waals surface area contributed by atoms with Crippen LogP contribution in [0.15, 0.2) is 12.4 Å². The molecule has 5 nitrogen and oxygen atoms in total. The number of aromatic nitrogens is 2. The molecule has 1 aliphatic rings. The van der Waals surface area contributed by atoms with Crippen molar-refractivity contribution in [1.82, 2.24) is 9.97 Å². The summed E-state index contributed by atoms with van der Waals surface area (Å²) < 4.78 is 5.41. The molecule has 1 fully saturated rings. The van der Waals surface area contributed by atoms with Gasteiger partial charge in [0.1, 0.15) is 18.8 Å². The van der Waals surface area contributed by atoms with Crippen LogP contribution in [0.5, 0.6) is 5.88 Å². The smallest absolute Gasteiger partial charge is 0.218 e. The maximum Gasteiger partial charge on any atom is 0.218 e. The maximum absolute atomic E-state index is 5.41. The van der Waals surface area contributed by atoms with Gasteiger partial charge in [0.15, 0.2) is 0 Å². The van der Waals surface area contributed by atoms with Crippen LogP contribution in [0.2, 0.25) is 0 Å². The zero-order valence-corrected chi connectivity index (χ0v) is 10.3. The molecule has 0 aromatic carbocycles. The predicted molar refractivity (Wildman–Crippen MR) is 67.2 cm³/mol. The molecule has 1 atom stereocenters. The van der Waals surface area contributed by atoms with E-state index in [1.54, 1.807) is 6.33 Å². The van der Waals surface area contributed by atoms with Crippen molar-refractivity contribution in [2.45, 2.75) is 19.8 Å². The molecule has 1 saturated heterocycles. The molecule has 0 saturated carbocycles. The van der Waals surface area contributed by atoms with Crippen LogP contribution in [0.3, 0.4) is 0 Å². The van der Waals surface area contributed by atoms with Crippen LogP contribution in [0.4, 0.5) is 5.82 Å². The molecule has 2 heterocycles. The summed E-state index contributed by atoms with van der Waals surface area (Å²) >= 11 is 0. The monoisotopic (exact) mass is 236 g/mol. The van der Waals surface area contributed by atoms with E-state index in [4.69, 9.17) is 10.5 Å². The fourth-order valence-corrected chi connectivity index (χ4v) is 2.14. The normalized spacial score (nSPS) is 20.4. The lowest BCUT2D eigenvalue weighted by atomic mass is 10.0. The third-order valence-electron chi connectivity index (χ3n) is 2.98. The van der Waals surface area contributed by atoms with Crippen molar-refractivity contribution >= 4 is 5.82 Å². The standard InChI is InChI=1S/C12H20N4O/c1-10-3-2-5-16(8-10)11-7-12(15-9-14-11)17-6-4-13/h7,9-10H,2-6,8,13H2,1H3/t10-/m1/s1. The van der Waals surface area contributed by atoms with Crippen molar-refractivity contribution in [3.8, 4) is 5.88 Å². The second-order valence-electron chi connectivity index (χ2n) is 4.54. The summed E-state index contributed by atoms with van der Waals surface area (Å²) in [6.45, 7) is 5.40. The lowest BCUT2D eigenvalue weighted by molar-refractivity contribution is 0.314. The lowest BCUT2D eigenvalue weighted by Crippen LogP contribution is -2.34. The van der Waals surface area contributed by atoms with Crippen LogP contribution in [0.1, 0.15) is 19.8 Å². The summed E-state index contributed by atoms with van der Waals surface area (Å²) in [5.74, 6) is 2.30. The summed E-state index contributed by atoms with van der Waals surface area (Å²) in [6, 6.07) is 1.90. The van der Waals surface area contributed by atoms with Crippen molar-refractivity contribution in [2.24, 2.45) is 11.7 Å². The van der Waals surface area contributed by atoms with Crippen LogP contribution in [0, 0.1) is 5.92 Å². The van der Waals surface area contributed by atoms with E-state index < -0.39 is 0 Å². The Hall–Kier alpha value is -1.36. The van der Waals surface area contributed by atoms with Gasteiger partial charge in [0.05, 0.1) is 0 Å². The van der Waals surface area contributed by atoms with E-state index in [1.165, 1.54) is 12.8 Å². The second kappa shape index (κ2) is 5.82. The summed E-state index contributed by atoms with van der Waals surface area (Å²) in [6.07, 6.45) is 4.09. The first-order chi connectivity index (χ1) is 8.29. The number of hydrogen-bond acceptors (Lipinski definition) is 5. The van der Waals surface area contributed by atoms with Crippen LogP contribution in [-0.2, 0) is 0 Å². The Morgan fingerprint density at radius 2 is 2.41 bits per heavy atom. The lowest BCUT2D eigenvalue weighted by Gasteiger charge is -2.31. The zero-order valence-electron chi connectivity index (χ0n) is 10.3. The number of nitrogens with zero attached hydrogens (tertiary/aromatic N) is 3. The van der Waals surface area contributed by atoms with Crippen LogP contribution in [-0.4, -0.2) is 36.2 Å². The van der Waals surface area contributed by atoms with Gasteiger partial charge in [-0.3, -0.25) is 0 Å². The molecule has 5 heteroatoms. The van der Waals surface area contributed by atoms with Crippen LogP contribution in [0.25, 0.3) is 0 Å². The largest absolute Gasteiger partial charge is 0.476 e. The molecule has 1 aliphatic heterocycles. The fraction of sp³-hybridized carbons (Fsp3) is 0.667. The molecular weight excluding hydrogens is 216 g/mol. The van der Waals surface area contributed by atoms with E-state index in [9.17, 15) is 0 Å². The van der Waals surface area contributed by atoms with Crippen molar-refractivity contribution in [3.63, 3.8) is 0 Å². The number of piperidine rings is 1. The number of rotatable bonds is 4. The van der Waals surface area contributed by atoms with E-state index >= 15 is 0 Å². The third-order valence-corrected chi connectivity index (χ3v) is 2.98. The first-order valence-corrected chi connectivity index (χ1v) is 6.19. The van der Waals surface area contributed by atoms with Gasteiger partial charge in [0.25, 0.3) is 0 Å². The minimum atomic E-state index is 0.493. The van der Waals surface area contributed by atoms with E-state index in [0.717, 1.165) is 24.8 Å². The average molecular weight is 236 g/mol. The van der Waals surface area contributed by atoms with Crippen molar-refractivity contribution in [3.05, 3.63) is 12.4 Å². The van der Waals surface area contributed by atoms with E-state index in [-0.39, 0.29) is 0 Å². The maximum atomic E-state index is 5.41. The van der Waals surface area contributed by atoms with Gasteiger partial charge < -0.3 is 15.4 Å². The SMILES string of the molecule is C[C@@H]1CCCN(c2cc(OCCN)ncn2)C1. The summed E-state index contributed by atoms with van der Waals surface area (Å²) in [7, 11) is 0. The van der Waals surface area contributed by atoms with E-state index in [0.29, 0.717) is 19.0 Å². The highest BCUT2D eigenvalue weighted by atomic mass is 16.5. The molecule has 0 spiro atoms. The Labute approximate surface area is 102 Å². The van der Waals surface area contributed by atoms with E-state index in [2.05, 4.69) is 21.8 Å². The molecule has 0 amide bonds. The van der Waals surface area contributed by atoms with Crippen LogP contribution < -0.4 is 15.4 Å². The molecule has 17 heavy (non-hydrogen) atoms. The van der Waals surface area contributed by atoms with Gasteiger partial charge in [-0.25, -0.2) is 9.97 Å². The molecule has 2 rings (SSSR count). The molecule has 0 aliphatic carbocycles. The van der Waals surface area contributed by atoms with Crippen molar-refractivity contribution in [2.75, 3.05) is 31.1 Å². The minimum Gasteiger partial charge on any atom is -0.476 e. The molecule has 1 aromatic heterocycles. The van der Waals surface area contributed by atoms with E-state index in [1.807, 2.05) is 6.07 Å². The highest BCUT2D eigenvalue weighted by Crippen LogP contribution is 2.22. The van der Waals surface area contributed by atoms with Gasteiger partial charge >= 0.3 is 0 Å².